The summed E-state index contributed by atoms with van der Waals surface area (Å²) in [5.74, 6) is 0.832. The molecule has 0 N–H and O–H groups in total. The molecular formula is C17H20N4. The maximum absolute atomic E-state index is 9.05. The first-order valence-electron chi connectivity index (χ1n) is 6.97. The number of nitrogens with zero attached hydrogens (tertiary/aromatic N) is 4. The van der Waals surface area contributed by atoms with E-state index in [0.29, 0.717) is 5.69 Å². The van der Waals surface area contributed by atoms with Crippen LogP contribution in [0.3, 0.4) is 0 Å². The van der Waals surface area contributed by atoms with Crippen molar-refractivity contribution >= 4 is 11.5 Å². The summed E-state index contributed by atoms with van der Waals surface area (Å²) in [6.45, 7) is 3.63. The van der Waals surface area contributed by atoms with Crippen LogP contribution in [-0.4, -0.2) is 32.2 Å². The number of anilines is 2. The number of para-hydroxylation sites is 1. The van der Waals surface area contributed by atoms with Gasteiger partial charge < -0.3 is 9.80 Å². The van der Waals surface area contributed by atoms with Crippen LogP contribution in [-0.2, 0) is 0 Å². The van der Waals surface area contributed by atoms with Crippen LogP contribution in [0.1, 0.15) is 11.3 Å². The van der Waals surface area contributed by atoms with Gasteiger partial charge in [-0.15, -0.1) is 0 Å². The molecule has 0 aliphatic rings. The number of nitriles is 1. The van der Waals surface area contributed by atoms with Crippen molar-refractivity contribution in [2.24, 2.45) is 0 Å². The molecule has 108 valence electrons. The fraction of sp³-hybridized carbons (Fsp3) is 0.294. The zero-order valence-electron chi connectivity index (χ0n) is 12.7. The average molecular weight is 280 g/mol. The van der Waals surface area contributed by atoms with Crippen molar-refractivity contribution in [1.82, 2.24) is 4.98 Å². The molecule has 0 aliphatic heterocycles. The van der Waals surface area contributed by atoms with Crippen molar-refractivity contribution in [2.45, 2.75) is 6.92 Å². The van der Waals surface area contributed by atoms with Gasteiger partial charge in [0.2, 0.25) is 0 Å². The summed E-state index contributed by atoms with van der Waals surface area (Å²) in [4.78, 5) is 8.66. The van der Waals surface area contributed by atoms with E-state index < -0.39 is 0 Å². The molecule has 1 heterocycles. The van der Waals surface area contributed by atoms with Gasteiger partial charge in [0.05, 0.1) is 0 Å². The number of likely N-dealkylation sites (N-methyl/N-ethyl adjacent to an activating group) is 2. The molecule has 0 saturated carbocycles. The third-order valence-electron chi connectivity index (χ3n) is 3.55. The predicted octanol–water partition coefficient (Wildman–Crippen LogP) is 2.83. The highest BCUT2D eigenvalue weighted by atomic mass is 15.2. The van der Waals surface area contributed by atoms with Crippen LogP contribution < -0.4 is 9.80 Å². The molecule has 0 atom stereocenters. The van der Waals surface area contributed by atoms with E-state index in [1.165, 1.54) is 5.69 Å². The van der Waals surface area contributed by atoms with Crippen LogP contribution in [0.15, 0.2) is 42.5 Å². The van der Waals surface area contributed by atoms with Crippen molar-refractivity contribution in [2.75, 3.05) is 37.0 Å². The molecule has 0 saturated heterocycles. The molecule has 0 unspecified atom stereocenters. The lowest BCUT2D eigenvalue weighted by Gasteiger charge is -2.24. The van der Waals surface area contributed by atoms with E-state index in [4.69, 9.17) is 5.26 Å². The maximum atomic E-state index is 9.05. The summed E-state index contributed by atoms with van der Waals surface area (Å²) in [7, 11) is 4.07. The fourth-order valence-corrected chi connectivity index (χ4v) is 2.07. The van der Waals surface area contributed by atoms with E-state index in [9.17, 15) is 0 Å². The van der Waals surface area contributed by atoms with Crippen LogP contribution in [0.2, 0.25) is 0 Å². The fourth-order valence-electron chi connectivity index (χ4n) is 2.07. The first-order valence-corrected chi connectivity index (χ1v) is 6.97. The average Bonchev–Trinajstić information content (AvgIpc) is 2.53. The Balaban J connectivity index is 1.99. The lowest BCUT2D eigenvalue weighted by Crippen LogP contribution is -2.31. The number of aryl methyl sites for hydroxylation is 1. The smallest absolute Gasteiger partial charge is 0.145 e. The first kappa shape index (κ1) is 14.9. The summed E-state index contributed by atoms with van der Waals surface area (Å²) in [5, 5.41) is 9.05. The molecule has 0 amide bonds. The number of pyridine rings is 1. The quantitative estimate of drug-likeness (QED) is 0.844. The van der Waals surface area contributed by atoms with Gasteiger partial charge in [-0.3, -0.25) is 0 Å². The second-order valence-corrected chi connectivity index (χ2v) is 5.13. The van der Waals surface area contributed by atoms with E-state index in [-0.39, 0.29) is 0 Å². The number of aromatic nitrogens is 1. The molecule has 4 heteroatoms. The minimum Gasteiger partial charge on any atom is -0.373 e. The highest BCUT2D eigenvalue weighted by molar-refractivity contribution is 5.47. The number of hydrogen-bond donors (Lipinski definition) is 0. The molecule has 21 heavy (non-hydrogen) atoms. The predicted molar refractivity (Wildman–Crippen MR) is 86.7 cm³/mol. The summed E-state index contributed by atoms with van der Waals surface area (Å²) >= 11 is 0. The molecule has 0 fully saturated rings. The van der Waals surface area contributed by atoms with Crippen molar-refractivity contribution in [3.05, 3.63) is 53.7 Å². The highest BCUT2D eigenvalue weighted by Gasteiger charge is 2.07. The van der Waals surface area contributed by atoms with Crippen LogP contribution in [0.4, 0.5) is 11.5 Å². The van der Waals surface area contributed by atoms with Crippen molar-refractivity contribution < 1.29 is 0 Å². The van der Waals surface area contributed by atoms with E-state index in [1.54, 1.807) is 0 Å². The zero-order valence-corrected chi connectivity index (χ0v) is 12.7. The van der Waals surface area contributed by atoms with Crippen LogP contribution >= 0.6 is 0 Å². The molecule has 1 aromatic carbocycles. The molecular weight excluding hydrogens is 260 g/mol. The third-order valence-corrected chi connectivity index (χ3v) is 3.55. The summed E-state index contributed by atoms with van der Waals surface area (Å²) in [6.07, 6.45) is 0. The molecule has 0 radical (unpaired) electrons. The lowest BCUT2D eigenvalue weighted by molar-refractivity contribution is 0.821. The Hall–Kier alpha value is -2.54. The number of hydrogen-bond acceptors (Lipinski definition) is 4. The first-order chi connectivity index (χ1) is 10.1. The second-order valence-electron chi connectivity index (χ2n) is 5.13. The maximum Gasteiger partial charge on any atom is 0.145 e. The minimum absolute atomic E-state index is 0.496. The molecule has 1 aromatic heterocycles. The van der Waals surface area contributed by atoms with Gasteiger partial charge in [-0.1, -0.05) is 24.3 Å². The second kappa shape index (κ2) is 6.76. The standard InChI is InChI=1S/C17H20N4/c1-14-9-10-17(19-16(14)13-18)21(3)12-11-20(2)15-7-5-4-6-8-15/h4-10H,11-12H2,1-3H3. The van der Waals surface area contributed by atoms with Gasteiger partial charge in [0.15, 0.2) is 0 Å². The largest absolute Gasteiger partial charge is 0.373 e. The van der Waals surface area contributed by atoms with Gasteiger partial charge in [0.1, 0.15) is 17.6 Å². The Morgan fingerprint density at radius 1 is 1.00 bits per heavy atom. The third kappa shape index (κ3) is 3.73. The molecule has 2 rings (SSSR count). The Morgan fingerprint density at radius 3 is 2.33 bits per heavy atom. The van der Waals surface area contributed by atoms with Gasteiger partial charge in [-0.05, 0) is 30.7 Å². The highest BCUT2D eigenvalue weighted by Crippen LogP contribution is 2.14. The van der Waals surface area contributed by atoms with E-state index in [1.807, 2.05) is 44.3 Å². The Morgan fingerprint density at radius 2 is 1.67 bits per heavy atom. The minimum atomic E-state index is 0.496. The van der Waals surface area contributed by atoms with Gasteiger partial charge >= 0.3 is 0 Å². The molecule has 0 bridgehead atoms. The topological polar surface area (TPSA) is 43.2 Å². The number of rotatable bonds is 5. The summed E-state index contributed by atoms with van der Waals surface area (Å²) < 4.78 is 0. The Labute approximate surface area is 126 Å². The normalized spacial score (nSPS) is 10.0. The SMILES string of the molecule is Cc1ccc(N(C)CCN(C)c2ccccc2)nc1C#N. The van der Waals surface area contributed by atoms with Gasteiger partial charge in [0, 0.05) is 32.9 Å². The number of benzene rings is 1. The molecule has 2 aromatic rings. The van der Waals surface area contributed by atoms with Crippen LogP contribution in [0.5, 0.6) is 0 Å². The van der Waals surface area contributed by atoms with Crippen LogP contribution in [0.25, 0.3) is 0 Å². The van der Waals surface area contributed by atoms with Crippen LogP contribution in [0, 0.1) is 18.3 Å². The summed E-state index contributed by atoms with van der Waals surface area (Å²) in [6, 6.07) is 16.3. The Kier molecular flexibility index (Phi) is 4.78. The van der Waals surface area contributed by atoms with E-state index >= 15 is 0 Å². The Bertz CT molecular complexity index is 631. The lowest BCUT2D eigenvalue weighted by atomic mass is 10.2. The zero-order chi connectivity index (χ0) is 15.2. The molecule has 0 spiro atoms. The molecule has 0 aliphatic carbocycles. The van der Waals surface area contributed by atoms with Gasteiger partial charge in [0.25, 0.3) is 0 Å². The van der Waals surface area contributed by atoms with Gasteiger partial charge in [-0.2, -0.15) is 5.26 Å². The van der Waals surface area contributed by atoms with Crippen molar-refractivity contribution in [1.29, 1.82) is 5.26 Å². The van der Waals surface area contributed by atoms with E-state index in [0.717, 1.165) is 24.5 Å². The monoisotopic (exact) mass is 280 g/mol. The van der Waals surface area contributed by atoms with E-state index in [2.05, 4.69) is 40.0 Å². The van der Waals surface area contributed by atoms with Crippen molar-refractivity contribution in [3.8, 4) is 6.07 Å². The summed E-state index contributed by atoms with van der Waals surface area (Å²) in [5.41, 5.74) is 2.60. The van der Waals surface area contributed by atoms with Gasteiger partial charge in [-0.25, -0.2) is 4.98 Å². The van der Waals surface area contributed by atoms with Crippen molar-refractivity contribution in [3.63, 3.8) is 0 Å². The molecule has 4 nitrogen and oxygen atoms in total.